The van der Waals surface area contributed by atoms with Crippen molar-refractivity contribution < 1.29 is 19.8 Å². The van der Waals surface area contributed by atoms with Gasteiger partial charge in [0, 0.05) is 19.5 Å². The predicted molar refractivity (Wildman–Crippen MR) is 91.1 cm³/mol. The van der Waals surface area contributed by atoms with E-state index in [0.29, 0.717) is 18.7 Å². The Kier molecular flexibility index (Phi) is 5.51. The number of phenolic OH excluding ortho intramolecular Hbond substituents is 1. The summed E-state index contributed by atoms with van der Waals surface area (Å²) in [6, 6.07) is 3.82. The van der Waals surface area contributed by atoms with Crippen molar-refractivity contribution in [3.8, 4) is 5.75 Å². The fraction of sp³-hybridized carbons (Fsp3) is 0.412. The van der Waals surface area contributed by atoms with E-state index in [9.17, 15) is 19.8 Å². The second kappa shape index (κ2) is 7.23. The fourth-order valence-corrected chi connectivity index (χ4v) is 2.90. The summed E-state index contributed by atoms with van der Waals surface area (Å²) in [5, 5.41) is 20.0. The van der Waals surface area contributed by atoms with Crippen LogP contribution in [0.25, 0.3) is 0 Å². The van der Waals surface area contributed by atoms with E-state index in [2.05, 4.69) is 0 Å². The molecule has 1 amide bonds. The van der Waals surface area contributed by atoms with Crippen molar-refractivity contribution in [2.75, 3.05) is 27.2 Å². The molecule has 1 heterocycles. The van der Waals surface area contributed by atoms with Crippen molar-refractivity contribution in [3.05, 3.63) is 40.1 Å². The summed E-state index contributed by atoms with van der Waals surface area (Å²) < 4.78 is 0. The van der Waals surface area contributed by atoms with E-state index in [-0.39, 0.29) is 28.5 Å². The third-order valence-corrected chi connectivity index (χ3v) is 4.30. The van der Waals surface area contributed by atoms with Crippen LogP contribution in [0.15, 0.2) is 29.5 Å². The van der Waals surface area contributed by atoms with E-state index in [1.54, 1.807) is 13.0 Å². The summed E-state index contributed by atoms with van der Waals surface area (Å²) in [7, 11) is 3.75. The summed E-state index contributed by atoms with van der Waals surface area (Å²) >= 11 is 5.98. The molecule has 0 radical (unpaired) electrons. The van der Waals surface area contributed by atoms with Gasteiger partial charge in [0.2, 0.25) is 0 Å². The molecule has 0 fully saturated rings. The van der Waals surface area contributed by atoms with Gasteiger partial charge in [0.15, 0.2) is 11.5 Å². The number of nitrogens with zero attached hydrogens (tertiary/aromatic N) is 2. The number of aliphatic hydroxyl groups excluding tert-OH is 1. The van der Waals surface area contributed by atoms with Crippen molar-refractivity contribution in [2.45, 2.75) is 19.4 Å². The largest absolute Gasteiger partial charge is 0.506 e. The molecule has 0 saturated heterocycles. The molecule has 1 aliphatic rings. The summed E-state index contributed by atoms with van der Waals surface area (Å²) in [5.74, 6) is -1.44. The van der Waals surface area contributed by atoms with E-state index in [0.717, 1.165) is 0 Å². The molecule has 7 heteroatoms. The Morgan fingerprint density at radius 2 is 2.00 bits per heavy atom. The molecule has 1 aliphatic heterocycles. The molecular weight excluding hydrogens is 332 g/mol. The maximum absolute atomic E-state index is 12.4. The zero-order valence-electron chi connectivity index (χ0n) is 13.9. The number of Topliss-reactive ketones (excluding diaryl/α,β-unsaturated/α-hetero) is 1. The molecule has 130 valence electrons. The van der Waals surface area contributed by atoms with E-state index in [1.165, 1.54) is 17.0 Å². The Bertz CT molecular complexity index is 700. The second-order valence-corrected chi connectivity index (χ2v) is 6.36. The van der Waals surface area contributed by atoms with Crippen molar-refractivity contribution in [1.82, 2.24) is 9.80 Å². The highest BCUT2D eigenvalue weighted by atomic mass is 35.5. The number of rotatable bonds is 6. The molecule has 0 spiro atoms. The van der Waals surface area contributed by atoms with E-state index < -0.39 is 17.7 Å². The zero-order chi connectivity index (χ0) is 18.0. The molecule has 1 aromatic carbocycles. The Labute approximate surface area is 145 Å². The third kappa shape index (κ3) is 3.39. The lowest BCUT2D eigenvalue weighted by molar-refractivity contribution is -0.129. The van der Waals surface area contributed by atoms with Crippen LogP contribution in [0.1, 0.15) is 24.9 Å². The standard InChI is InChI=1S/C17H21ClN2O4/c1-4-12(21)14-15(10-5-6-13(22)11(18)9-10)20(8-7-19(2)3)17(24)16(14)23/h5-6,9,15,22-23H,4,7-8H2,1-3H3. The normalized spacial score (nSPS) is 18.0. The van der Waals surface area contributed by atoms with Gasteiger partial charge in [-0.25, -0.2) is 0 Å². The number of hydrogen-bond acceptors (Lipinski definition) is 5. The third-order valence-electron chi connectivity index (χ3n) is 4.00. The monoisotopic (exact) mass is 352 g/mol. The molecule has 6 nitrogen and oxygen atoms in total. The van der Waals surface area contributed by atoms with E-state index in [4.69, 9.17) is 11.6 Å². The number of phenols is 1. The molecular formula is C17H21ClN2O4. The number of amides is 1. The van der Waals surface area contributed by atoms with Gasteiger partial charge in [0.05, 0.1) is 16.6 Å². The van der Waals surface area contributed by atoms with Crippen LogP contribution in [-0.2, 0) is 9.59 Å². The Balaban J connectivity index is 2.50. The summed E-state index contributed by atoms with van der Waals surface area (Å²) in [6.45, 7) is 2.60. The van der Waals surface area contributed by atoms with Crippen molar-refractivity contribution in [2.24, 2.45) is 0 Å². The van der Waals surface area contributed by atoms with Gasteiger partial charge in [-0.05, 0) is 31.8 Å². The van der Waals surface area contributed by atoms with Crippen molar-refractivity contribution >= 4 is 23.3 Å². The summed E-state index contributed by atoms with van der Waals surface area (Å²) in [4.78, 5) is 28.1. The highest BCUT2D eigenvalue weighted by Gasteiger charge is 2.42. The zero-order valence-corrected chi connectivity index (χ0v) is 14.7. The first kappa shape index (κ1) is 18.3. The minimum absolute atomic E-state index is 0.0823. The van der Waals surface area contributed by atoms with Gasteiger partial charge < -0.3 is 20.0 Å². The number of aliphatic hydroxyl groups is 1. The Hall–Kier alpha value is -2.05. The molecule has 0 bridgehead atoms. The number of halogens is 1. The van der Waals surface area contributed by atoms with E-state index in [1.807, 2.05) is 19.0 Å². The van der Waals surface area contributed by atoms with Gasteiger partial charge in [0.1, 0.15) is 5.75 Å². The van der Waals surface area contributed by atoms with Crippen LogP contribution in [0.3, 0.4) is 0 Å². The minimum Gasteiger partial charge on any atom is -0.506 e. The van der Waals surface area contributed by atoms with Crippen LogP contribution in [-0.4, -0.2) is 58.9 Å². The maximum atomic E-state index is 12.4. The van der Waals surface area contributed by atoms with Gasteiger partial charge in [-0.1, -0.05) is 24.6 Å². The first-order chi connectivity index (χ1) is 11.3. The first-order valence-corrected chi connectivity index (χ1v) is 8.06. The van der Waals surface area contributed by atoms with Gasteiger partial charge >= 0.3 is 0 Å². The number of ketones is 1. The number of hydrogen-bond donors (Lipinski definition) is 2. The average molecular weight is 353 g/mol. The van der Waals surface area contributed by atoms with Gasteiger partial charge in [-0.3, -0.25) is 9.59 Å². The minimum atomic E-state index is -0.706. The molecule has 0 aliphatic carbocycles. The lowest BCUT2D eigenvalue weighted by Gasteiger charge is -2.28. The fourth-order valence-electron chi connectivity index (χ4n) is 2.71. The predicted octanol–water partition coefficient (Wildman–Crippen LogP) is 2.28. The molecule has 2 rings (SSSR count). The molecule has 24 heavy (non-hydrogen) atoms. The molecule has 1 unspecified atom stereocenters. The summed E-state index contributed by atoms with van der Waals surface area (Å²) in [6.07, 6.45) is 0.177. The van der Waals surface area contributed by atoms with Crippen molar-refractivity contribution in [1.29, 1.82) is 0 Å². The Morgan fingerprint density at radius 3 is 2.54 bits per heavy atom. The molecule has 0 aromatic heterocycles. The quantitative estimate of drug-likeness (QED) is 0.821. The Morgan fingerprint density at radius 1 is 1.33 bits per heavy atom. The topological polar surface area (TPSA) is 81.1 Å². The molecule has 2 N–H and O–H groups in total. The molecule has 0 saturated carbocycles. The van der Waals surface area contributed by atoms with Crippen molar-refractivity contribution in [3.63, 3.8) is 0 Å². The second-order valence-electron chi connectivity index (χ2n) is 5.95. The number of likely N-dealkylation sites (N-methyl/N-ethyl adjacent to an activating group) is 1. The van der Waals surface area contributed by atoms with E-state index >= 15 is 0 Å². The number of carbonyl (C=O) groups excluding carboxylic acids is 2. The first-order valence-electron chi connectivity index (χ1n) is 7.68. The highest BCUT2D eigenvalue weighted by molar-refractivity contribution is 6.32. The SMILES string of the molecule is CCC(=O)C1=C(O)C(=O)N(CCN(C)C)C1c1ccc(O)c(Cl)c1. The van der Waals surface area contributed by atoms with Crippen LogP contribution in [0.4, 0.5) is 0 Å². The molecule has 1 aromatic rings. The van der Waals surface area contributed by atoms with Gasteiger partial charge in [-0.2, -0.15) is 0 Å². The lowest BCUT2D eigenvalue weighted by atomic mass is 9.95. The smallest absolute Gasteiger partial charge is 0.290 e. The van der Waals surface area contributed by atoms with Crippen LogP contribution >= 0.6 is 11.6 Å². The summed E-state index contributed by atoms with van der Waals surface area (Å²) in [5.41, 5.74) is 0.661. The van der Waals surface area contributed by atoms with Gasteiger partial charge in [-0.15, -0.1) is 0 Å². The van der Waals surface area contributed by atoms with Gasteiger partial charge in [0.25, 0.3) is 5.91 Å². The van der Waals surface area contributed by atoms with Crippen LogP contribution in [0.5, 0.6) is 5.75 Å². The van der Waals surface area contributed by atoms with Crippen LogP contribution in [0, 0.1) is 0 Å². The van der Waals surface area contributed by atoms with Crippen LogP contribution in [0.2, 0.25) is 5.02 Å². The average Bonchev–Trinajstić information content (AvgIpc) is 2.79. The van der Waals surface area contributed by atoms with Crippen LogP contribution < -0.4 is 0 Å². The highest BCUT2D eigenvalue weighted by Crippen LogP contribution is 2.39. The molecule has 1 atom stereocenters. The maximum Gasteiger partial charge on any atom is 0.290 e. The number of carbonyl (C=O) groups is 2. The lowest BCUT2D eigenvalue weighted by Crippen LogP contribution is -2.36. The number of benzene rings is 1. The number of aromatic hydroxyl groups is 1.